The number of esters is 2. The normalized spacial score (nSPS) is 19.3. The number of hydrogen-bond donors (Lipinski definition) is 0. The number of hydrogen-bond acceptors (Lipinski definition) is 7. The Labute approximate surface area is 156 Å². The third-order valence-corrected chi connectivity index (χ3v) is 5.58. The van der Waals surface area contributed by atoms with Gasteiger partial charge in [-0.25, -0.2) is 14.6 Å². The van der Waals surface area contributed by atoms with Gasteiger partial charge in [-0.1, -0.05) is 29.8 Å². The zero-order valence-corrected chi connectivity index (χ0v) is 16.1. The maximum absolute atomic E-state index is 12.5. The first kappa shape index (κ1) is 18.3. The molecule has 0 saturated heterocycles. The van der Waals surface area contributed by atoms with Crippen LogP contribution in [0.4, 0.5) is 0 Å². The van der Waals surface area contributed by atoms with Crippen LogP contribution < -0.4 is 0 Å². The largest absolute Gasteiger partial charge is 0.466 e. The Morgan fingerprint density at radius 1 is 1.04 bits per heavy atom. The fourth-order valence-corrected chi connectivity index (χ4v) is 4.21. The lowest BCUT2D eigenvalue weighted by molar-refractivity contribution is -0.137. The van der Waals surface area contributed by atoms with Crippen molar-refractivity contribution in [1.82, 2.24) is 4.90 Å². The van der Waals surface area contributed by atoms with E-state index in [9.17, 15) is 9.59 Å². The molecule has 1 aromatic carbocycles. The van der Waals surface area contributed by atoms with Crippen LogP contribution in [0.2, 0.25) is 0 Å². The predicted octanol–water partition coefficient (Wildman–Crippen LogP) is 3.31. The molecule has 0 spiro atoms. The van der Waals surface area contributed by atoms with E-state index in [1.807, 2.05) is 43.0 Å². The molecule has 2 aliphatic heterocycles. The van der Waals surface area contributed by atoms with Crippen LogP contribution in [0.3, 0.4) is 0 Å². The molecule has 1 aromatic rings. The fraction of sp³-hybridized carbons (Fsp3) is 0.316. The summed E-state index contributed by atoms with van der Waals surface area (Å²) in [6, 6.07) is 7.54. The van der Waals surface area contributed by atoms with E-state index >= 15 is 0 Å². The minimum Gasteiger partial charge on any atom is -0.466 e. The molecule has 7 heteroatoms. The number of amidine groups is 1. The Bertz CT molecular complexity index is 868. The summed E-state index contributed by atoms with van der Waals surface area (Å²) in [6.45, 7) is 5.62. The van der Waals surface area contributed by atoms with Gasteiger partial charge >= 0.3 is 11.9 Å². The smallest absolute Gasteiger partial charge is 0.346 e. The Morgan fingerprint density at radius 2 is 1.65 bits per heavy atom. The van der Waals surface area contributed by atoms with E-state index in [1.165, 1.54) is 26.0 Å². The Balaban J connectivity index is 2.18. The number of methoxy groups -OCH3 is 2. The Kier molecular flexibility index (Phi) is 4.91. The molecule has 0 bridgehead atoms. The van der Waals surface area contributed by atoms with E-state index in [4.69, 9.17) is 9.47 Å². The highest BCUT2D eigenvalue weighted by molar-refractivity contribution is 8.18. The van der Waals surface area contributed by atoms with Crippen molar-refractivity contribution in [2.45, 2.75) is 26.8 Å². The monoisotopic (exact) mass is 372 g/mol. The molecule has 136 valence electrons. The second-order valence-corrected chi connectivity index (χ2v) is 7.05. The number of allylic oxidation sites excluding steroid dienone is 2. The average Bonchev–Trinajstić information content (AvgIpc) is 2.96. The Morgan fingerprint density at radius 3 is 2.23 bits per heavy atom. The zero-order chi connectivity index (χ0) is 19.0. The lowest BCUT2D eigenvalue weighted by Crippen LogP contribution is -2.36. The van der Waals surface area contributed by atoms with Crippen molar-refractivity contribution in [3.63, 3.8) is 0 Å². The van der Waals surface area contributed by atoms with Gasteiger partial charge in [0, 0.05) is 5.70 Å². The van der Waals surface area contributed by atoms with Crippen LogP contribution in [0, 0.1) is 6.92 Å². The first-order valence-electron chi connectivity index (χ1n) is 8.09. The lowest BCUT2D eigenvalue weighted by Gasteiger charge is -2.35. The van der Waals surface area contributed by atoms with Crippen LogP contribution in [0.25, 0.3) is 0 Å². The van der Waals surface area contributed by atoms with Gasteiger partial charge in [0.2, 0.25) is 0 Å². The van der Waals surface area contributed by atoms with E-state index in [-0.39, 0.29) is 0 Å². The summed E-state index contributed by atoms with van der Waals surface area (Å²) in [5.41, 5.74) is 3.80. The summed E-state index contributed by atoms with van der Waals surface area (Å²) in [5, 5.41) is 0.652. The molecule has 0 fully saturated rings. The maximum atomic E-state index is 12.5. The molecule has 6 nitrogen and oxygen atoms in total. The van der Waals surface area contributed by atoms with Crippen LogP contribution >= 0.6 is 11.8 Å². The number of carbonyl (C=O) groups is 2. The molecule has 0 N–H and O–H groups in total. The number of ether oxygens (including phenoxy) is 2. The van der Waals surface area contributed by atoms with Gasteiger partial charge in [0.1, 0.15) is 4.91 Å². The van der Waals surface area contributed by atoms with Gasteiger partial charge in [-0.2, -0.15) is 0 Å². The summed E-state index contributed by atoms with van der Waals surface area (Å²) < 4.78 is 9.89. The SMILES string of the molecule is COC(=O)C1=C(C)N2C(=NC(C)=C(C(=O)OC)C2c2ccc(C)cc2)S1. The quantitative estimate of drug-likeness (QED) is 0.759. The topological polar surface area (TPSA) is 68.2 Å². The average molecular weight is 372 g/mol. The third kappa shape index (κ3) is 2.92. The lowest BCUT2D eigenvalue weighted by atomic mass is 9.93. The highest BCUT2D eigenvalue weighted by Gasteiger charge is 2.43. The second-order valence-electron chi connectivity index (χ2n) is 6.08. The molecule has 0 amide bonds. The molecule has 1 unspecified atom stereocenters. The Hall–Kier alpha value is -2.54. The molecular weight excluding hydrogens is 352 g/mol. The van der Waals surface area contributed by atoms with E-state index < -0.39 is 18.0 Å². The minimum absolute atomic E-state index is 0.412. The molecule has 0 saturated carbocycles. The number of aryl methyl sites for hydroxylation is 1. The fourth-order valence-electron chi connectivity index (χ4n) is 3.09. The summed E-state index contributed by atoms with van der Waals surface area (Å²) in [5.74, 6) is -0.843. The second kappa shape index (κ2) is 6.99. The van der Waals surface area contributed by atoms with Crippen molar-refractivity contribution in [3.05, 3.63) is 57.3 Å². The molecule has 2 aliphatic rings. The molecule has 1 atom stereocenters. The van der Waals surface area contributed by atoms with Gasteiger partial charge in [-0.05, 0) is 38.1 Å². The summed E-state index contributed by atoms with van der Waals surface area (Å²) >= 11 is 1.26. The summed E-state index contributed by atoms with van der Waals surface area (Å²) in [7, 11) is 2.71. The van der Waals surface area contributed by atoms with E-state index in [0.717, 1.165) is 11.1 Å². The van der Waals surface area contributed by atoms with Gasteiger partial charge in [-0.3, -0.25) is 0 Å². The zero-order valence-electron chi connectivity index (χ0n) is 15.3. The van der Waals surface area contributed by atoms with Crippen molar-refractivity contribution in [3.8, 4) is 0 Å². The number of aliphatic imine (C=N–C) groups is 1. The van der Waals surface area contributed by atoms with Crippen LogP contribution in [0.1, 0.15) is 31.0 Å². The van der Waals surface area contributed by atoms with Crippen molar-refractivity contribution >= 4 is 28.9 Å². The number of benzene rings is 1. The molecule has 26 heavy (non-hydrogen) atoms. The standard InChI is InChI=1S/C19H20N2O4S/c1-10-6-8-13(9-7-10)15-14(17(22)24-4)11(2)20-19-21(15)12(3)16(26-19)18(23)25-5/h6-9,15H,1-5H3. The van der Waals surface area contributed by atoms with Crippen molar-refractivity contribution in [1.29, 1.82) is 0 Å². The minimum atomic E-state index is -0.430. The van der Waals surface area contributed by atoms with E-state index in [0.29, 0.717) is 27.0 Å². The number of carbonyl (C=O) groups excluding carboxylic acids is 2. The molecule has 0 aromatic heterocycles. The number of thioether (sulfide) groups is 1. The van der Waals surface area contributed by atoms with Crippen LogP contribution in [-0.4, -0.2) is 36.2 Å². The maximum Gasteiger partial charge on any atom is 0.346 e. The summed E-state index contributed by atoms with van der Waals surface area (Å²) in [6.07, 6.45) is 0. The predicted molar refractivity (Wildman–Crippen MR) is 100 cm³/mol. The van der Waals surface area contributed by atoms with Crippen LogP contribution in [-0.2, 0) is 19.1 Å². The summed E-state index contributed by atoms with van der Waals surface area (Å²) in [4.78, 5) is 31.5. The van der Waals surface area contributed by atoms with Crippen LogP contribution in [0.15, 0.2) is 51.1 Å². The van der Waals surface area contributed by atoms with Gasteiger partial charge in [0.15, 0.2) is 5.17 Å². The van der Waals surface area contributed by atoms with Gasteiger partial charge in [-0.15, -0.1) is 0 Å². The van der Waals surface area contributed by atoms with Gasteiger partial charge < -0.3 is 14.4 Å². The number of rotatable bonds is 3. The van der Waals surface area contributed by atoms with Crippen LogP contribution in [0.5, 0.6) is 0 Å². The first-order chi connectivity index (χ1) is 12.4. The van der Waals surface area contributed by atoms with Crippen molar-refractivity contribution in [2.75, 3.05) is 14.2 Å². The van der Waals surface area contributed by atoms with E-state index in [1.54, 1.807) is 6.92 Å². The third-order valence-electron chi connectivity index (χ3n) is 4.44. The molecule has 3 rings (SSSR count). The van der Waals surface area contributed by atoms with Gasteiger partial charge in [0.25, 0.3) is 0 Å². The van der Waals surface area contributed by atoms with E-state index in [2.05, 4.69) is 4.99 Å². The number of nitrogens with zero attached hydrogens (tertiary/aromatic N) is 2. The first-order valence-corrected chi connectivity index (χ1v) is 8.91. The van der Waals surface area contributed by atoms with Crippen molar-refractivity contribution < 1.29 is 19.1 Å². The molecule has 0 radical (unpaired) electrons. The van der Waals surface area contributed by atoms with Crippen molar-refractivity contribution in [2.24, 2.45) is 4.99 Å². The molecule has 0 aliphatic carbocycles. The van der Waals surface area contributed by atoms with Gasteiger partial charge in [0.05, 0.1) is 31.5 Å². The highest BCUT2D eigenvalue weighted by Crippen LogP contribution is 2.47. The highest BCUT2D eigenvalue weighted by atomic mass is 32.2. The molecular formula is C19H20N2O4S. The number of fused-ring (bicyclic) bond motifs is 1. The molecule has 2 heterocycles.